The molecule has 0 amide bonds. The summed E-state index contributed by atoms with van der Waals surface area (Å²) >= 11 is 0. The molecule has 82 valence electrons. The quantitative estimate of drug-likeness (QED) is 0.513. The number of hydrazine groups is 1. The molecule has 1 aromatic heterocycles. The number of hydrogen-bond donors (Lipinski definition) is 3. The number of rotatable bonds is 4. The van der Waals surface area contributed by atoms with Gasteiger partial charge in [0, 0.05) is 12.6 Å². The van der Waals surface area contributed by atoms with E-state index < -0.39 is 0 Å². The fraction of sp³-hybridized carbons (Fsp3) is 0.600. The minimum absolute atomic E-state index is 0.638. The van der Waals surface area contributed by atoms with E-state index in [0.717, 1.165) is 18.3 Å². The van der Waals surface area contributed by atoms with Gasteiger partial charge in [-0.2, -0.15) is 0 Å². The molecule has 1 aliphatic carbocycles. The Bertz CT molecular complexity index is 308. The first kappa shape index (κ1) is 10.2. The molecule has 2 rings (SSSR count). The lowest BCUT2D eigenvalue weighted by Crippen LogP contribution is -2.13. The molecule has 0 bridgehead atoms. The maximum Gasteiger partial charge on any atom is 0.145 e. The van der Waals surface area contributed by atoms with E-state index in [1.165, 1.54) is 32.0 Å². The third-order valence-electron chi connectivity index (χ3n) is 2.86. The van der Waals surface area contributed by atoms with E-state index in [4.69, 9.17) is 5.84 Å². The number of hydrogen-bond acceptors (Lipinski definition) is 5. The molecule has 1 fully saturated rings. The van der Waals surface area contributed by atoms with E-state index in [9.17, 15) is 0 Å². The summed E-state index contributed by atoms with van der Waals surface area (Å²) in [5.41, 5.74) is 2.50. The summed E-state index contributed by atoms with van der Waals surface area (Å²) in [5.74, 6) is 7.54. The predicted molar refractivity (Wildman–Crippen MR) is 60.3 cm³/mol. The molecular formula is C10H17N5. The molecule has 1 saturated carbocycles. The van der Waals surface area contributed by atoms with E-state index in [0.29, 0.717) is 5.82 Å². The van der Waals surface area contributed by atoms with Crippen molar-refractivity contribution in [2.24, 2.45) is 11.8 Å². The zero-order chi connectivity index (χ0) is 10.5. The minimum Gasteiger partial charge on any atom is -0.370 e. The van der Waals surface area contributed by atoms with Crippen LogP contribution < -0.4 is 16.6 Å². The van der Waals surface area contributed by atoms with Crippen LogP contribution >= 0.6 is 0 Å². The lowest BCUT2D eigenvalue weighted by atomic mass is 10.1. The second-order valence-electron chi connectivity index (χ2n) is 3.96. The first-order chi connectivity index (χ1) is 7.38. The zero-order valence-corrected chi connectivity index (χ0v) is 8.74. The smallest absolute Gasteiger partial charge is 0.145 e. The molecule has 0 atom stereocenters. The molecule has 1 heterocycles. The van der Waals surface area contributed by atoms with Crippen molar-refractivity contribution in [1.29, 1.82) is 0 Å². The Morgan fingerprint density at radius 2 is 2.00 bits per heavy atom. The summed E-state index contributed by atoms with van der Waals surface area (Å²) in [4.78, 5) is 8.08. The van der Waals surface area contributed by atoms with E-state index in [2.05, 4.69) is 20.7 Å². The maximum absolute atomic E-state index is 5.27. The Hall–Kier alpha value is -1.36. The highest BCUT2D eigenvalue weighted by atomic mass is 15.3. The van der Waals surface area contributed by atoms with Crippen molar-refractivity contribution in [3.8, 4) is 0 Å². The number of nitrogens with one attached hydrogen (secondary N) is 2. The van der Waals surface area contributed by atoms with Gasteiger partial charge in [-0.1, -0.05) is 12.8 Å². The number of aromatic nitrogens is 2. The van der Waals surface area contributed by atoms with Gasteiger partial charge >= 0.3 is 0 Å². The van der Waals surface area contributed by atoms with Crippen LogP contribution in [0.5, 0.6) is 0 Å². The fourth-order valence-corrected chi connectivity index (χ4v) is 2.00. The molecule has 5 nitrogen and oxygen atoms in total. The van der Waals surface area contributed by atoms with Gasteiger partial charge < -0.3 is 10.7 Å². The highest BCUT2D eigenvalue weighted by molar-refractivity contribution is 5.45. The van der Waals surface area contributed by atoms with Gasteiger partial charge in [0.1, 0.15) is 18.0 Å². The molecule has 0 spiro atoms. The number of anilines is 2. The molecule has 0 radical (unpaired) electrons. The monoisotopic (exact) mass is 207 g/mol. The lowest BCUT2D eigenvalue weighted by molar-refractivity contribution is 0.579. The van der Waals surface area contributed by atoms with Gasteiger partial charge in [0.25, 0.3) is 0 Å². The SMILES string of the molecule is NNc1cc(NCC2CCCC2)ncn1. The molecular weight excluding hydrogens is 190 g/mol. The molecule has 0 aromatic carbocycles. The average molecular weight is 207 g/mol. The Kier molecular flexibility index (Phi) is 3.34. The van der Waals surface area contributed by atoms with Gasteiger partial charge in [0.05, 0.1) is 0 Å². The number of nitrogens with zero attached hydrogens (tertiary/aromatic N) is 2. The Labute approximate surface area is 89.5 Å². The van der Waals surface area contributed by atoms with Crippen LogP contribution in [0.1, 0.15) is 25.7 Å². The van der Waals surface area contributed by atoms with Crippen molar-refractivity contribution in [2.75, 3.05) is 17.3 Å². The predicted octanol–water partition coefficient (Wildman–Crippen LogP) is 1.36. The first-order valence-corrected chi connectivity index (χ1v) is 5.41. The molecule has 0 saturated heterocycles. The highest BCUT2D eigenvalue weighted by Crippen LogP contribution is 2.24. The van der Waals surface area contributed by atoms with Gasteiger partial charge in [0.15, 0.2) is 0 Å². The largest absolute Gasteiger partial charge is 0.370 e. The van der Waals surface area contributed by atoms with Crippen LogP contribution in [0.25, 0.3) is 0 Å². The minimum atomic E-state index is 0.638. The Morgan fingerprint density at radius 3 is 2.73 bits per heavy atom. The number of nitrogens with two attached hydrogens (primary N) is 1. The molecule has 0 unspecified atom stereocenters. The van der Waals surface area contributed by atoms with E-state index in [1.54, 1.807) is 0 Å². The first-order valence-electron chi connectivity index (χ1n) is 5.41. The summed E-state index contributed by atoms with van der Waals surface area (Å²) in [5, 5.41) is 3.31. The normalized spacial score (nSPS) is 16.6. The van der Waals surface area contributed by atoms with Crippen LogP contribution in [0.15, 0.2) is 12.4 Å². The van der Waals surface area contributed by atoms with Crippen LogP contribution in [0.4, 0.5) is 11.6 Å². The molecule has 4 N–H and O–H groups in total. The van der Waals surface area contributed by atoms with Gasteiger partial charge in [-0.3, -0.25) is 0 Å². The maximum atomic E-state index is 5.27. The summed E-state index contributed by atoms with van der Waals surface area (Å²) in [6.45, 7) is 1.00. The van der Waals surface area contributed by atoms with E-state index in [1.807, 2.05) is 6.07 Å². The van der Waals surface area contributed by atoms with Gasteiger partial charge in [-0.25, -0.2) is 15.8 Å². The molecule has 0 aliphatic heterocycles. The topological polar surface area (TPSA) is 75.9 Å². The van der Waals surface area contributed by atoms with Crippen LogP contribution in [-0.4, -0.2) is 16.5 Å². The zero-order valence-electron chi connectivity index (χ0n) is 8.74. The van der Waals surface area contributed by atoms with E-state index >= 15 is 0 Å². The van der Waals surface area contributed by atoms with Crippen LogP contribution in [0, 0.1) is 5.92 Å². The van der Waals surface area contributed by atoms with Crippen molar-refractivity contribution < 1.29 is 0 Å². The van der Waals surface area contributed by atoms with Gasteiger partial charge in [-0.15, -0.1) is 0 Å². The third kappa shape index (κ3) is 2.79. The van der Waals surface area contributed by atoms with Crippen molar-refractivity contribution in [3.05, 3.63) is 12.4 Å². The summed E-state index contributed by atoms with van der Waals surface area (Å²) < 4.78 is 0. The molecule has 1 aromatic rings. The molecule has 15 heavy (non-hydrogen) atoms. The summed E-state index contributed by atoms with van der Waals surface area (Å²) in [6.07, 6.45) is 6.91. The third-order valence-corrected chi connectivity index (χ3v) is 2.86. The fourth-order valence-electron chi connectivity index (χ4n) is 2.00. The van der Waals surface area contributed by atoms with Crippen molar-refractivity contribution in [3.63, 3.8) is 0 Å². The molecule has 1 aliphatic rings. The van der Waals surface area contributed by atoms with Crippen LogP contribution in [-0.2, 0) is 0 Å². The standard InChI is InChI=1S/C10H17N5/c11-15-10-5-9(13-7-14-10)12-6-8-3-1-2-4-8/h5,7-8H,1-4,6,11H2,(H2,12,13,14,15). The number of nitrogen functional groups attached to an aromatic ring is 1. The highest BCUT2D eigenvalue weighted by Gasteiger charge is 2.14. The Morgan fingerprint density at radius 1 is 1.27 bits per heavy atom. The Balaban J connectivity index is 1.86. The lowest BCUT2D eigenvalue weighted by Gasteiger charge is -2.11. The van der Waals surface area contributed by atoms with Crippen LogP contribution in [0.3, 0.4) is 0 Å². The van der Waals surface area contributed by atoms with Crippen molar-refractivity contribution in [2.45, 2.75) is 25.7 Å². The van der Waals surface area contributed by atoms with Crippen molar-refractivity contribution >= 4 is 11.6 Å². The second-order valence-corrected chi connectivity index (χ2v) is 3.96. The van der Waals surface area contributed by atoms with E-state index in [-0.39, 0.29) is 0 Å². The second kappa shape index (κ2) is 4.93. The average Bonchev–Trinajstić information content (AvgIpc) is 2.79. The van der Waals surface area contributed by atoms with Gasteiger partial charge in [-0.05, 0) is 18.8 Å². The van der Waals surface area contributed by atoms with Gasteiger partial charge in [0.2, 0.25) is 0 Å². The summed E-state index contributed by atoms with van der Waals surface area (Å²) in [6, 6.07) is 1.81. The van der Waals surface area contributed by atoms with Crippen molar-refractivity contribution in [1.82, 2.24) is 9.97 Å². The van der Waals surface area contributed by atoms with Crippen LogP contribution in [0.2, 0.25) is 0 Å². The molecule has 5 heteroatoms. The summed E-state index contributed by atoms with van der Waals surface area (Å²) in [7, 11) is 0.